The highest BCUT2D eigenvalue weighted by atomic mass is 16.5. The number of fused-ring (bicyclic) bond motifs is 6. The van der Waals surface area contributed by atoms with Crippen LogP contribution in [-0.4, -0.2) is 73.4 Å². The van der Waals surface area contributed by atoms with Gasteiger partial charge in [0.05, 0.1) is 47.3 Å². The average molecular weight is 647 g/mol. The van der Waals surface area contributed by atoms with Gasteiger partial charge in [-0.3, -0.25) is 0 Å². The standard InChI is InChI=1S/C18H24N4O2.C17H26N4O2/c1-18(2,17(19)24-4)16-14-15(22(11-20-14)9-10-23-3)12-7-5-6-8-13(12)21-16;1-4-23-9-13-20-14-15(21(13)10-17(2,3)22)11-7-5-6-8-12(11)19-16(14)18/h5-8,11,17H,9-10,19H2,1-4H3;22H,4-10H2,1-3H3,(H2,18,19). The van der Waals surface area contributed by atoms with Gasteiger partial charge >= 0.3 is 0 Å². The van der Waals surface area contributed by atoms with E-state index in [2.05, 4.69) is 30.2 Å². The quantitative estimate of drug-likeness (QED) is 0.172. The Bertz CT molecular complexity index is 1840. The molecule has 1 aliphatic rings. The van der Waals surface area contributed by atoms with Gasteiger partial charge in [0.15, 0.2) is 5.82 Å². The SMILES string of the molecule is CCOCc1nc2c(N)nc3c(c2n1CC(C)(C)O)CCCC3.COCCn1cnc2c(C(C)(C)C(N)OC)nc3ccccc3c21. The van der Waals surface area contributed by atoms with E-state index in [0.717, 1.165) is 82.4 Å². The number of rotatable bonds is 11. The second kappa shape index (κ2) is 14.2. The molecular weight excluding hydrogens is 596 g/mol. The predicted molar refractivity (Wildman–Crippen MR) is 185 cm³/mol. The summed E-state index contributed by atoms with van der Waals surface area (Å²) in [6.07, 6.45) is 5.63. The molecule has 0 fully saturated rings. The van der Waals surface area contributed by atoms with Crippen LogP contribution in [0.1, 0.15) is 70.2 Å². The second-order valence-electron chi connectivity index (χ2n) is 13.4. The van der Waals surface area contributed by atoms with Gasteiger partial charge in [0.25, 0.3) is 0 Å². The van der Waals surface area contributed by atoms with E-state index in [9.17, 15) is 5.11 Å². The molecule has 1 atom stereocenters. The molecule has 4 aromatic heterocycles. The Hall–Kier alpha value is -3.68. The van der Waals surface area contributed by atoms with Crippen LogP contribution in [0.25, 0.3) is 33.0 Å². The smallest absolute Gasteiger partial charge is 0.151 e. The number of methoxy groups -OCH3 is 2. The maximum absolute atomic E-state index is 10.3. The van der Waals surface area contributed by atoms with E-state index >= 15 is 0 Å². The minimum Gasteiger partial charge on any atom is -0.389 e. The number of nitrogen functional groups attached to an aromatic ring is 1. The number of aliphatic hydroxyl groups is 1. The first-order chi connectivity index (χ1) is 22.4. The Morgan fingerprint density at radius 2 is 1.74 bits per heavy atom. The van der Waals surface area contributed by atoms with Crippen LogP contribution >= 0.6 is 0 Å². The van der Waals surface area contributed by atoms with Gasteiger partial charge in [-0.05, 0) is 58.1 Å². The lowest BCUT2D eigenvalue weighted by Gasteiger charge is -2.30. The van der Waals surface area contributed by atoms with Crippen molar-refractivity contribution in [3.63, 3.8) is 0 Å². The monoisotopic (exact) mass is 646 g/mol. The van der Waals surface area contributed by atoms with E-state index in [0.29, 0.717) is 32.2 Å². The Kier molecular flexibility index (Phi) is 10.5. The van der Waals surface area contributed by atoms with Crippen LogP contribution in [0, 0.1) is 0 Å². The molecule has 0 amide bonds. The molecule has 5 aromatic rings. The van der Waals surface area contributed by atoms with Crippen molar-refractivity contribution in [2.75, 3.05) is 33.2 Å². The summed E-state index contributed by atoms with van der Waals surface area (Å²) in [7, 11) is 3.31. The third-order valence-electron chi connectivity index (χ3n) is 8.81. The molecule has 6 rings (SSSR count). The molecule has 12 nitrogen and oxygen atoms in total. The van der Waals surface area contributed by atoms with Gasteiger partial charge in [0.1, 0.15) is 29.7 Å². The lowest BCUT2D eigenvalue weighted by molar-refractivity contribution is 0.0500. The minimum atomic E-state index is -0.839. The highest BCUT2D eigenvalue weighted by Crippen LogP contribution is 2.35. The topological polar surface area (TPSA) is 161 Å². The highest BCUT2D eigenvalue weighted by Gasteiger charge is 2.34. The molecule has 0 saturated heterocycles. The van der Waals surface area contributed by atoms with Crippen LogP contribution in [-0.2, 0) is 52.2 Å². The van der Waals surface area contributed by atoms with Crippen LogP contribution in [0.3, 0.4) is 0 Å². The molecule has 0 aliphatic heterocycles. The lowest BCUT2D eigenvalue weighted by atomic mass is 9.85. The Labute approximate surface area is 276 Å². The molecule has 0 spiro atoms. The summed E-state index contributed by atoms with van der Waals surface area (Å²) in [6.45, 7) is 12.5. The molecular formula is C35H50N8O4. The second-order valence-corrected chi connectivity index (χ2v) is 13.4. The molecule has 1 aliphatic carbocycles. The Morgan fingerprint density at radius 3 is 2.45 bits per heavy atom. The molecule has 0 bridgehead atoms. The maximum Gasteiger partial charge on any atom is 0.151 e. The van der Waals surface area contributed by atoms with Crippen LogP contribution in [0.5, 0.6) is 0 Å². The van der Waals surface area contributed by atoms with E-state index in [4.69, 9.17) is 30.7 Å². The summed E-state index contributed by atoms with van der Waals surface area (Å²) in [5, 5.41) is 11.4. The minimum absolute atomic E-state index is 0.412. The average Bonchev–Trinajstić information content (AvgIpc) is 3.63. The third kappa shape index (κ3) is 7.12. The summed E-state index contributed by atoms with van der Waals surface area (Å²) in [5.41, 5.74) is 18.8. The number of anilines is 1. The fraction of sp³-hybridized carbons (Fsp3) is 0.543. The van der Waals surface area contributed by atoms with E-state index in [1.807, 2.05) is 45.3 Å². The van der Waals surface area contributed by atoms with Gasteiger partial charge < -0.3 is 39.9 Å². The summed E-state index contributed by atoms with van der Waals surface area (Å²) < 4.78 is 20.4. The van der Waals surface area contributed by atoms with E-state index < -0.39 is 17.2 Å². The van der Waals surface area contributed by atoms with Crippen molar-refractivity contribution < 1.29 is 19.3 Å². The van der Waals surface area contributed by atoms with E-state index in [-0.39, 0.29) is 0 Å². The lowest BCUT2D eigenvalue weighted by Crippen LogP contribution is -2.43. The van der Waals surface area contributed by atoms with Crippen LogP contribution in [0.2, 0.25) is 0 Å². The fourth-order valence-electron chi connectivity index (χ4n) is 6.33. The van der Waals surface area contributed by atoms with Crippen LogP contribution < -0.4 is 11.5 Å². The van der Waals surface area contributed by atoms with Crippen molar-refractivity contribution in [1.29, 1.82) is 0 Å². The number of aryl methyl sites for hydroxylation is 2. The molecule has 0 radical (unpaired) electrons. The predicted octanol–water partition coefficient (Wildman–Crippen LogP) is 4.64. The zero-order valence-electron chi connectivity index (χ0n) is 28.8. The molecule has 1 aromatic carbocycles. The van der Waals surface area contributed by atoms with Crippen LogP contribution in [0.4, 0.5) is 5.82 Å². The van der Waals surface area contributed by atoms with E-state index in [1.165, 1.54) is 5.56 Å². The molecule has 1 unspecified atom stereocenters. The van der Waals surface area contributed by atoms with Gasteiger partial charge in [-0.2, -0.15) is 0 Å². The zero-order chi connectivity index (χ0) is 33.9. The first-order valence-corrected chi connectivity index (χ1v) is 16.4. The van der Waals surface area contributed by atoms with E-state index in [1.54, 1.807) is 28.1 Å². The number of hydrogen-bond acceptors (Lipinski definition) is 10. The maximum atomic E-state index is 10.3. The molecule has 254 valence electrons. The largest absolute Gasteiger partial charge is 0.389 e. The van der Waals surface area contributed by atoms with Crippen molar-refractivity contribution >= 4 is 38.8 Å². The highest BCUT2D eigenvalue weighted by molar-refractivity contribution is 6.03. The normalized spacial score (nSPS) is 14.4. The number of ether oxygens (including phenoxy) is 3. The van der Waals surface area contributed by atoms with Gasteiger partial charge in [-0.25, -0.2) is 19.9 Å². The fourth-order valence-corrected chi connectivity index (χ4v) is 6.33. The number of aromatic nitrogens is 6. The Balaban J connectivity index is 0.000000185. The van der Waals surface area contributed by atoms with Gasteiger partial charge in [-0.15, -0.1) is 0 Å². The van der Waals surface area contributed by atoms with Crippen molar-refractivity contribution in [3.05, 3.63) is 53.4 Å². The number of nitrogens with zero attached hydrogens (tertiary/aromatic N) is 6. The molecule has 12 heteroatoms. The molecule has 4 heterocycles. The number of para-hydroxylation sites is 1. The van der Waals surface area contributed by atoms with Gasteiger partial charge in [0, 0.05) is 43.9 Å². The summed E-state index contributed by atoms with van der Waals surface area (Å²) in [5.74, 6) is 1.28. The number of imidazole rings is 2. The summed E-state index contributed by atoms with van der Waals surface area (Å²) >= 11 is 0. The number of pyridine rings is 2. The van der Waals surface area contributed by atoms with Gasteiger partial charge in [0.2, 0.25) is 0 Å². The van der Waals surface area contributed by atoms with Crippen molar-refractivity contribution in [1.82, 2.24) is 29.1 Å². The number of benzene rings is 1. The van der Waals surface area contributed by atoms with Gasteiger partial charge in [-0.1, -0.05) is 32.0 Å². The third-order valence-corrected chi connectivity index (χ3v) is 8.81. The molecule has 47 heavy (non-hydrogen) atoms. The summed E-state index contributed by atoms with van der Waals surface area (Å²) in [6, 6.07) is 8.09. The zero-order valence-corrected chi connectivity index (χ0v) is 28.8. The Morgan fingerprint density at radius 1 is 1.00 bits per heavy atom. The first-order valence-electron chi connectivity index (χ1n) is 16.4. The number of hydrogen-bond donors (Lipinski definition) is 3. The van der Waals surface area contributed by atoms with Crippen molar-refractivity contribution in [2.24, 2.45) is 5.73 Å². The van der Waals surface area contributed by atoms with Crippen molar-refractivity contribution in [2.45, 2.75) is 97.2 Å². The van der Waals surface area contributed by atoms with Crippen LogP contribution in [0.15, 0.2) is 30.6 Å². The molecule has 0 saturated carbocycles. The summed E-state index contributed by atoms with van der Waals surface area (Å²) in [4.78, 5) is 18.8. The molecule has 5 N–H and O–H groups in total. The first kappa shape index (κ1) is 34.6. The number of nitrogens with two attached hydrogens (primary N) is 2. The van der Waals surface area contributed by atoms with Crippen molar-refractivity contribution in [3.8, 4) is 0 Å².